The van der Waals surface area contributed by atoms with Gasteiger partial charge in [0.2, 0.25) is 0 Å². The molecule has 0 aromatic rings. The predicted octanol–water partition coefficient (Wildman–Crippen LogP) is 2.33. The number of nitrogens with zero attached hydrogens (tertiary/aromatic N) is 1. The zero-order chi connectivity index (χ0) is 11.8. The molecule has 2 rings (SSSR count). The van der Waals surface area contributed by atoms with Gasteiger partial charge in [-0.15, -0.1) is 0 Å². The molecule has 0 aromatic heterocycles. The van der Waals surface area contributed by atoms with Crippen LogP contribution in [-0.4, -0.2) is 40.6 Å². The Balaban J connectivity index is 2.09. The molecule has 2 aliphatic rings. The topological polar surface area (TPSA) is 29.3 Å². The lowest BCUT2D eigenvalue weighted by molar-refractivity contribution is 0.0938. The summed E-state index contributed by atoms with van der Waals surface area (Å²) >= 11 is 2.13. The Kier molecular flexibility index (Phi) is 3.87. The van der Waals surface area contributed by atoms with E-state index in [4.69, 9.17) is 5.73 Å². The molecule has 0 amide bonds. The smallest absolute Gasteiger partial charge is 0.0335 e. The third-order valence-corrected chi connectivity index (χ3v) is 5.53. The van der Waals surface area contributed by atoms with Crippen molar-refractivity contribution in [1.29, 1.82) is 0 Å². The molecule has 94 valence electrons. The second-order valence-corrected chi connectivity index (χ2v) is 7.82. The van der Waals surface area contributed by atoms with Crippen molar-refractivity contribution in [3.05, 3.63) is 0 Å². The molecule has 1 aliphatic heterocycles. The molecule has 0 aromatic carbocycles. The van der Waals surface area contributed by atoms with Gasteiger partial charge in [0.05, 0.1) is 0 Å². The van der Waals surface area contributed by atoms with Crippen molar-refractivity contribution in [3.8, 4) is 0 Å². The van der Waals surface area contributed by atoms with Crippen LogP contribution >= 0.6 is 11.8 Å². The van der Waals surface area contributed by atoms with E-state index in [1.54, 1.807) is 0 Å². The Hall–Kier alpha value is 0.270. The summed E-state index contributed by atoms with van der Waals surface area (Å²) in [5, 5.41) is 1.53. The van der Waals surface area contributed by atoms with Crippen LogP contribution in [0.4, 0.5) is 0 Å². The van der Waals surface area contributed by atoms with Gasteiger partial charge in [0.25, 0.3) is 0 Å². The fourth-order valence-electron chi connectivity index (χ4n) is 3.53. The third-order valence-electron chi connectivity index (χ3n) is 4.30. The lowest BCUT2D eigenvalue weighted by atomic mass is 9.93. The fraction of sp³-hybridized carbons (Fsp3) is 1.00. The van der Waals surface area contributed by atoms with Gasteiger partial charge in [-0.1, -0.05) is 20.8 Å². The number of nitrogens with two attached hydrogens (primary N) is 1. The lowest BCUT2D eigenvalue weighted by Crippen LogP contribution is -2.57. The minimum absolute atomic E-state index is 0.336. The van der Waals surface area contributed by atoms with Crippen molar-refractivity contribution in [2.45, 2.75) is 56.1 Å². The van der Waals surface area contributed by atoms with E-state index in [1.807, 2.05) is 0 Å². The summed E-state index contributed by atoms with van der Waals surface area (Å²) in [5.41, 5.74) is 6.44. The van der Waals surface area contributed by atoms with Crippen molar-refractivity contribution in [2.75, 3.05) is 19.6 Å². The fourth-order valence-corrected chi connectivity index (χ4v) is 4.86. The summed E-state index contributed by atoms with van der Waals surface area (Å²) in [6, 6.07) is 0. The Morgan fingerprint density at radius 1 is 1.25 bits per heavy atom. The van der Waals surface area contributed by atoms with Crippen LogP contribution in [0.2, 0.25) is 0 Å². The lowest BCUT2D eigenvalue weighted by Gasteiger charge is -2.46. The summed E-state index contributed by atoms with van der Waals surface area (Å²) in [6.07, 6.45) is 3.99. The van der Waals surface area contributed by atoms with Crippen molar-refractivity contribution in [2.24, 2.45) is 11.7 Å². The molecular weight excluding hydrogens is 216 g/mol. The minimum atomic E-state index is 0.336. The standard InChI is InChI=1S/C13H26N2S/c1-10-4-5-13(6-10,9-14)15-7-11(2)16-12(3)8-15/h10-12H,4-9,14H2,1-3H3. The second-order valence-electron chi connectivity index (χ2n) is 5.94. The molecule has 2 fully saturated rings. The van der Waals surface area contributed by atoms with E-state index in [9.17, 15) is 0 Å². The molecule has 0 bridgehead atoms. The molecule has 4 atom stereocenters. The van der Waals surface area contributed by atoms with E-state index in [1.165, 1.54) is 32.4 Å². The Bertz CT molecular complexity index is 236. The Labute approximate surface area is 104 Å². The van der Waals surface area contributed by atoms with Gasteiger partial charge < -0.3 is 5.73 Å². The summed E-state index contributed by atoms with van der Waals surface area (Å²) in [6.45, 7) is 10.4. The quantitative estimate of drug-likeness (QED) is 0.806. The van der Waals surface area contributed by atoms with Crippen molar-refractivity contribution in [1.82, 2.24) is 4.90 Å². The highest BCUT2D eigenvalue weighted by Gasteiger charge is 2.43. The van der Waals surface area contributed by atoms with Gasteiger partial charge >= 0.3 is 0 Å². The van der Waals surface area contributed by atoms with Crippen LogP contribution in [0.15, 0.2) is 0 Å². The van der Waals surface area contributed by atoms with E-state index in [0.717, 1.165) is 23.0 Å². The number of hydrogen-bond donors (Lipinski definition) is 1. The summed E-state index contributed by atoms with van der Waals surface area (Å²) < 4.78 is 0. The number of rotatable bonds is 2. The van der Waals surface area contributed by atoms with Crippen LogP contribution < -0.4 is 5.73 Å². The van der Waals surface area contributed by atoms with E-state index in [-0.39, 0.29) is 0 Å². The van der Waals surface area contributed by atoms with Crippen molar-refractivity contribution >= 4 is 11.8 Å². The van der Waals surface area contributed by atoms with Gasteiger partial charge in [0.1, 0.15) is 0 Å². The Morgan fingerprint density at radius 2 is 1.88 bits per heavy atom. The molecule has 1 aliphatic carbocycles. The molecule has 1 saturated heterocycles. The highest BCUT2D eigenvalue weighted by atomic mass is 32.2. The normalized spacial score (nSPS) is 46.1. The van der Waals surface area contributed by atoms with Crippen LogP contribution in [0, 0.1) is 5.92 Å². The monoisotopic (exact) mass is 242 g/mol. The van der Waals surface area contributed by atoms with E-state index in [2.05, 4.69) is 37.4 Å². The molecule has 16 heavy (non-hydrogen) atoms. The first-order valence-electron chi connectivity index (χ1n) is 6.66. The third kappa shape index (κ3) is 2.41. The average Bonchev–Trinajstić information content (AvgIpc) is 2.60. The van der Waals surface area contributed by atoms with Gasteiger partial charge in [-0.2, -0.15) is 11.8 Å². The first-order chi connectivity index (χ1) is 7.55. The van der Waals surface area contributed by atoms with Crippen LogP contribution in [0.3, 0.4) is 0 Å². The summed E-state index contributed by atoms with van der Waals surface area (Å²) in [7, 11) is 0. The van der Waals surface area contributed by atoms with Crippen LogP contribution in [-0.2, 0) is 0 Å². The van der Waals surface area contributed by atoms with Crippen LogP contribution in [0.25, 0.3) is 0 Å². The van der Waals surface area contributed by atoms with Crippen LogP contribution in [0.5, 0.6) is 0 Å². The van der Waals surface area contributed by atoms with Crippen molar-refractivity contribution in [3.63, 3.8) is 0 Å². The number of hydrogen-bond acceptors (Lipinski definition) is 3. The SMILES string of the molecule is CC1CCC(CN)(N2CC(C)SC(C)C2)C1. The molecular formula is C13H26N2S. The molecule has 2 N–H and O–H groups in total. The van der Waals surface area contributed by atoms with E-state index in [0.29, 0.717) is 5.54 Å². The van der Waals surface area contributed by atoms with E-state index < -0.39 is 0 Å². The largest absolute Gasteiger partial charge is 0.329 e. The molecule has 1 heterocycles. The first-order valence-corrected chi connectivity index (χ1v) is 7.60. The molecule has 0 spiro atoms. The molecule has 2 nitrogen and oxygen atoms in total. The maximum absolute atomic E-state index is 6.10. The zero-order valence-electron chi connectivity index (χ0n) is 10.9. The molecule has 4 unspecified atom stereocenters. The molecule has 1 saturated carbocycles. The molecule has 3 heteroatoms. The summed E-state index contributed by atoms with van der Waals surface area (Å²) in [4.78, 5) is 2.71. The van der Waals surface area contributed by atoms with Gasteiger partial charge in [-0.25, -0.2) is 0 Å². The Morgan fingerprint density at radius 3 is 2.31 bits per heavy atom. The van der Waals surface area contributed by atoms with Gasteiger partial charge in [0, 0.05) is 35.7 Å². The summed E-state index contributed by atoms with van der Waals surface area (Å²) in [5.74, 6) is 0.865. The molecule has 0 radical (unpaired) electrons. The maximum atomic E-state index is 6.10. The highest BCUT2D eigenvalue weighted by molar-refractivity contribution is 8.00. The zero-order valence-corrected chi connectivity index (χ0v) is 11.7. The predicted molar refractivity (Wildman–Crippen MR) is 72.9 cm³/mol. The van der Waals surface area contributed by atoms with Gasteiger partial charge in [0.15, 0.2) is 0 Å². The highest BCUT2D eigenvalue weighted by Crippen LogP contribution is 2.41. The number of thioether (sulfide) groups is 1. The maximum Gasteiger partial charge on any atom is 0.0335 e. The van der Waals surface area contributed by atoms with Crippen molar-refractivity contribution < 1.29 is 0 Å². The van der Waals surface area contributed by atoms with Gasteiger partial charge in [-0.3, -0.25) is 4.90 Å². The average molecular weight is 242 g/mol. The van der Waals surface area contributed by atoms with Crippen LogP contribution in [0.1, 0.15) is 40.0 Å². The van der Waals surface area contributed by atoms with E-state index >= 15 is 0 Å². The second kappa shape index (κ2) is 4.87. The van der Waals surface area contributed by atoms with Gasteiger partial charge in [-0.05, 0) is 25.2 Å². The minimum Gasteiger partial charge on any atom is -0.329 e. The first kappa shape index (κ1) is 12.7.